The first-order valence-electron chi connectivity index (χ1n) is 9.38. The lowest BCUT2D eigenvalue weighted by Crippen LogP contribution is -2.51. The Morgan fingerprint density at radius 2 is 1.90 bits per heavy atom. The number of pyridine rings is 1. The number of carboxylic acids is 1. The number of Topliss-reactive ketones (excluding diaryl/α,β-unsaturated/α-hetero) is 1. The number of carbonyl (C=O) groups is 2. The molecular formula is C18H22F3N2O6S-. The highest BCUT2D eigenvalue weighted by Crippen LogP contribution is 2.39. The van der Waals surface area contributed by atoms with E-state index in [1.165, 1.54) is 13.0 Å². The van der Waals surface area contributed by atoms with Gasteiger partial charge in [-0.2, -0.15) is 21.6 Å². The van der Waals surface area contributed by atoms with Gasteiger partial charge >= 0.3 is 15.6 Å². The Hall–Kier alpha value is -2.37. The predicted octanol–water partition coefficient (Wildman–Crippen LogP) is 1.96. The quantitative estimate of drug-likeness (QED) is 0.335. The van der Waals surface area contributed by atoms with Gasteiger partial charge in [0.15, 0.2) is 5.78 Å². The fourth-order valence-electron chi connectivity index (χ4n) is 3.50. The largest absolute Gasteiger partial charge is 0.549 e. The minimum atomic E-state index is -6.12. The first-order valence-corrected chi connectivity index (χ1v) is 10.8. The summed E-state index contributed by atoms with van der Waals surface area (Å²) in [5.41, 5.74) is -6.14. The van der Waals surface area contributed by atoms with E-state index >= 15 is 0 Å². The summed E-state index contributed by atoms with van der Waals surface area (Å²) in [4.78, 5) is 29.6. The number of carboxylic acid groups (broad SMARTS) is 1. The van der Waals surface area contributed by atoms with Gasteiger partial charge in [-0.3, -0.25) is 4.79 Å². The molecule has 0 bridgehead atoms. The molecule has 0 amide bonds. The molecule has 8 nitrogen and oxygen atoms in total. The summed E-state index contributed by atoms with van der Waals surface area (Å²) < 4.78 is 65.7. The van der Waals surface area contributed by atoms with E-state index in [2.05, 4.69) is 9.17 Å². The van der Waals surface area contributed by atoms with Gasteiger partial charge in [-0.25, -0.2) is 4.98 Å². The fourth-order valence-corrected chi connectivity index (χ4v) is 3.92. The van der Waals surface area contributed by atoms with Crippen molar-refractivity contribution in [2.24, 2.45) is 5.92 Å². The summed E-state index contributed by atoms with van der Waals surface area (Å²) in [6.07, 6.45) is 2.71. The topological polar surface area (TPSA) is 117 Å². The van der Waals surface area contributed by atoms with Crippen LogP contribution in [0.4, 0.5) is 18.9 Å². The summed E-state index contributed by atoms with van der Waals surface area (Å²) in [6, 6.07) is 1.19. The third kappa shape index (κ3) is 4.68. The Bertz CT molecular complexity index is 927. The number of hydrogen-bond acceptors (Lipinski definition) is 8. The molecule has 1 aromatic rings. The van der Waals surface area contributed by atoms with E-state index in [4.69, 9.17) is 0 Å². The molecule has 1 atom stereocenters. The second kappa shape index (κ2) is 8.78. The number of aryl methyl sites for hydroxylation is 1. The molecule has 1 unspecified atom stereocenters. The van der Waals surface area contributed by atoms with E-state index in [9.17, 15) is 36.3 Å². The van der Waals surface area contributed by atoms with Crippen LogP contribution in [0, 0.1) is 12.8 Å². The molecule has 0 saturated carbocycles. The molecule has 168 valence electrons. The van der Waals surface area contributed by atoms with Crippen molar-refractivity contribution in [3.8, 4) is 5.88 Å². The third-order valence-electron chi connectivity index (χ3n) is 4.79. The summed E-state index contributed by atoms with van der Waals surface area (Å²) in [6.45, 7) is 4.98. The van der Waals surface area contributed by atoms with Gasteiger partial charge < -0.3 is 19.0 Å². The molecule has 1 aliphatic heterocycles. The zero-order chi connectivity index (χ0) is 22.9. The molecule has 2 heterocycles. The predicted molar refractivity (Wildman–Crippen MR) is 98.4 cm³/mol. The smallest absolute Gasteiger partial charge is 0.534 e. The maximum absolute atomic E-state index is 12.8. The summed E-state index contributed by atoms with van der Waals surface area (Å²) in [7, 11) is -6.12. The van der Waals surface area contributed by atoms with Gasteiger partial charge in [0, 0.05) is 18.3 Å². The van der Waals surface area contributed by atoms with Gasteiger partial charge in [0.1, 0.15) is 5.56 Å². The van der Waals surface area contributed by atoms with Crippen molar-refractivity contribution in [2.45, 2.75) is 58.0 Å². The van der Waals surface area contributed by atoms with E-state index < -0.39 is 44.7 Å². The molecule has 0 spiro atoms. The van der Waals surface area contributed by atoms with Crippen LogP contribution in [0.25, 0.3) is 0 Å². The first-order chi connectivity index (χ1) is 13.8. The lowest BCUT2D eigenvalue weighted by Gasteiger charge is -2.41. The van der Waals surface area contributed by atoms with Gasteiger partial charge in [-0.15, -0.1) is 0 Å². The monoisotopic (exact) mass is 451 g/mol. The van der Waals surface area contributed by atoms with Gasteiger partial charge in [0.05, 0.1) is 17.6 Å². The standard InChI is InChI=1S/C18H23F3N2O6S/c1-4-6-11(7-5-2)23-9-12(17(25)26)15(24)14-13(23)8-10(3)22-16(14)29-30(27,28)18(19,20)21/h8,11-12H,4-7,9H2,1-3H3,(H,25,26)/p-1. The molecule has 1 aliphatic rings. The van der Waals surface area contributed by atoms with E-state index in [1.807, 2.05) is 13.8 Å². The summed E-state index contributed by atoms with van der Waals surface area (Å²) >= 11 is 0. The number of nitrogens with zero attached hydrogens (tertiary/aromatic N) is 2. The number of anilines is 1. The van der Waals surface area contributed by atoms with Crippen LogP contribution in [0.2, 0.25) is 0 Å². The maximum Gasteiger partial charge on any atom is 0.534 e. The molecule has 2 rings (SSSR count). The Morgan fingerprint density at radius 1 is 1.33 bits per heavy atom. The first kappa shape index (κ1) is 23.9. The number of fused-ring (bicyclic) bond motifs is 1. The van der Waals surface area contributed by atoms with Gasteiger partial charge in [-0.05, 0) is 25.8 Å². The second-order valence-electron chi connectivity index (χ2n) is 7.07. The van der Waals surface area contributed by atoms with Crippen LogP contribution in [0.5, 0.6) is 5.88 Å². The van der Waals surface area contributed by atoms with Crippen molar-refractivity contribution in [1.82, 2.24) is 4.98 Å². The fraction of sp³-hybridized carbons (Fsp3) is 0.611. The van der Waals surface area contributed by atoms with Crippen LogP contribution in [0.15, 0.2) is 6.07 Å². The van der Waals surface area contributed by atoms with Crippen molar-refractivity contribution < 1.29 is 40.5 Å². The van der Waals surface area contributed by atoms with Crippen LogP contribution in [0.3, 0.4) is 0 Å². The maximum atomic E-state index is 12.8. The number of hydrogen-bond donors (Lipinski definition) is 0. The van der Waals surface area contributed by atoms with E-state index in [1.54, 1.807) is 4.90 Å². The summed E-state index contributed by atoms with van der Waals surface area (Å²) in [5.74, 6) is -5.61. The summed E-state index contributed by atoms with van der Waals surface area (Å²) in [5, 5.41) is 11.6. The van der Waals surface area contributed by atoms with Crippen LogP contribution < -0.4 is 14.2 Å². The molecular weight excluding hydrogens is 429 g/mol. The highest BCUT2D eigenvalue weighted by atomic mass is 32.2. The van der Waals surface area contributed by atoms with Crippen LogP contribution in [-0.4, -0.2) is 43.2 Å². The lowest BCUT2D eigenvalue weighted by molar-refractivity contribution is -0.309. The zero-order valence-electron chi connectivity index (χ0n) is 16.7. The minimum absolute atomic E-state index is 0.101. The molecule has 0 radical (unpaired) electrons. The third-order valence-corrected chi connectivity index (χ3v) is 5.73. The highest BCUT2D eigenvalue weighted by Gasteiger charge is 2.50. The number of carbonyl (C=O) groups excluding carboxylic acids is 2. The van der Waals surface area contributed by atoms with Gasteiger partial charge in [0.25, 0.3) is 0 Å². The Labute approximate surface area is 172 Å². The van der Waals surface area contributed by atoms with Crippen molar-refractivity contribution in [3.05, 3.63) is 17.3 Å². The number of alkyl halides is 3. The van der Waals surface area contributed by atoms with Crippen LogP contribution >= 0.6 is 0 Å². The second-order valence-corrected chi connectivity index (χ2v) is 8.60. The van der Waals surface area contributed by atoms with E-state index in [0.717, 1.165) is 12.8 Å². The molecule has 0 aliphatic carbocycles. The average Bonchev–Trinajstić information content (AvgIpc) is 2.59. The van der Waals surface area contributed by atoms with Crippen molar-refractivity contribution in [1.29, 1.82) is 0 Å². The molecule has 12 heteroatoms. The highest BCUT2D eigenvalue weighted by molar-refractivity contribution is 7.88. The zero-order valence-corrected chi connectivity index (χ0v) is 17.5. The van der Waals surface area contributed by atoms with Crippen molar-refractivity contribution in [2.75, 3.05) is 11.4 Å². The van der Waals surface area contributed by atoms with Crippen molar-refractivity contribution in [3.63, 3.8) is 0 Å². The molecule has 0 fully saturated rings. The number of aromatic nitrogens is 1. The molecule has 0 saturated heterocycles. The van der Waals surface area contributed by atoms with Crippen molar-refractivity contribution >= 4 is 27.6 Å². The Morgan fingerprint density at radius 3 is 2.37 bits per heavy atom. The minimum Gasteiger partial charge on any atom is -0.549 e. The average molecular weight is 451 g/mol. The molecule has 30 heavy (non-hydrogen) atoms. The molecule has 0 N–H and O–H groups in total. The normalized spacial score (nSPS) is 17.2. The number of rotatable bonds is 8. The van der Waals surface area contributed by atoms with Gasteiger partial charge in [-0.1, -0.05) is 26.7 Å². The Balaban J connectivity index is 2.71. The van der Waals surface area contributed by atoms with E-state index in [-0.39, 0.29) is 24.0 Å². The molecule has 0 aromatic carbocycles. The Kier molecular flexibility index (Phi) is 7.00. The number of ketones is 1. The van der Waals surface area contributed by atoms with Crippen LogP contribution in [-0.2, 0) is 14.9 Å². The molecule has 1 aromatic heterocycles. The van der Waals surface area contributed by atoms with Gasteiger partial charge in [0.2, 0.25) is 5.88 Å². The number of halogens is 3. The SMILES string of the molecule is CCCC(CCC)N1CC(C(=O)[O-])C(=O)c2c1cc(C)nc2OS(=O)(=O)C(F)(F)F. The lowest BCUT2D eigenvalue weighted by atomic mass is 9.89. The van der Waals surface area contributed by atoms with Crippen LogP contribution in [0.1, 0.15) is 55.6 Å². The number of aliphatic carboxylic acids is 1. The van der Waals surface area contributed by atoms with E-state index in [0.29, 0.717) is 12.8 Å².